The van der Waals surface area contributed by atoms with Gasteiger partial charge in [0.05, 0.1) is 6.10 Å². The molecule has 0 aromatic carbocycles. The summed E-state index contributed by atoms with van der Waals surface area (Å²) in [6.07, 6.45) is 5.09. The predicted octanol–water partition coefficient (Wildman–Crippen LogP) is 2.17. The minimum atomic E-state index is 0.416. The van der Waals surface area contributed by atoms with E-state index in [0.717, 1.165) is 17.6 Å². The second-order valence-corrected chi connectivity index (χ2v) is 4.90. The molecule has 0 spiro atoms. The first kappa shape index (κ1) is 9.54. The summed E-state index contributed by atoms with van der Waals surface area (Å²) >= 11 is 5.28. The summed E-state index contributed by atoms with van der Waals surface area (Å²) in [5.74, 6) is 1.82. The summed E-state index contributed by atoms with van der Waals surface area (Å²) in [6.45, 7) is 0. The zero-order chi connectivity index (χ0) is 10.4. The Bertz CT molecular complexity index is 415. The molecule has 2 fully saturated rings. The molecule has 15 heavy (non-hydrogen) atoms. The molecule has 1 heterocycles. The van der Waals surface area contributed by atoms with Crippen LogP contribution in [0.25, 0.3) is 0 Å². The second-order valence-electron chi connectivity index (χ2n) is 4.51. The van der Waals surface area contributed by atoms with Crippen LogP contribution in [-0.4, -0.2) is 28.0 Å². The van der Waals surface area contributed by atoms with Crippen LogP contribution in [0.1, 0.15) is 43.5 Å². The van der Waals surface area contributed by atoms with E-state index in [2.05, 4.69) is 14.8 Å². The third kappa shape index (κ3) is 1.54. The zero-order valence-electron chi connectivity index (χ0n) is 8.77. The van der Waals surface area contributed by atoms with Crippen LogP contribution in [0, 0.1) is 4.77 Å². The lowest BCUT2D eigenvalue weighted by molar-refractivity contribution is 0.00490. The van der Waals surface area contributed by atoms with Crippen molar-refractivity contribution < 1.29 is 4.74 Å². The van der Waals surface area contributed by atoms with Gasteiger partial charge in [-0.3, -0.25) is 5.10 Å². The zero-order valence-corrected chi connectivity index (χ0v) is 9.59. The number of rotatable bonds is 3. The highest BCUT2D eigenvalue weighted by molar-refractivity contribution is 7.71. The van der Waals surface area contributed by atoms with E-state index in [0.29, 0.717) is 18.1 Å². The Labute approximate surface area is 93.6 Å². The van der Waals surface area contributed by atoms with E-state index < -0.39 is 0 Å². The molecule has 0 saturated heterocycles. The Morgan fingerprint density at radius 2 is 2.20 bits per heavy atom. The van der Waals surface area contributed by atoms with Gasteiger partial charge in [0.1, 0.15) is 5.82 Å². The monoisotopic (exact) mass is 225 g/mol. The maximum Gasteiger partial charge on any atom is 0.195 e. The van der Waals surface area contributed by atoms with Crippen LogP contribution in [0.2, 0.25) is 0 Å². The van der Waals surface area contributed by atoms with Crippen LogP contribution >= 0.6 is 12.2 Å². The number of hydrogen-bond acceptors (Lipinski definition) is 3. The molecule has 3 rings (SSSR count). The molecule has 5 heteroatoms. The standard InChI is InChI=1S/C10H15N3OS/c1-14-8-4-7(5-8)13-9(6-2-3-6)11-12-10(13)15/h6-8H,2-5H2,1H3,(H,12,15). The third-order valence-electron chi connectivity index (χ3n) is 3.44. The van der Waals surface area contributed by atoms with E-state index in [-0.39, 0.29) is 0 Å². The average molecular weight is 225 g/mol. The van der Waals surface area contributed by atoms with E-state index in [1.54, 1.807) is 7.11 Å². The minimum Gasteiger partial charge on any atom is -0.381 e. The number of nitrogens with zero attached hydrogens (tertiary/aromatic N) is 2. The lowest BCUT2D eigenvalue weighted by atomic mass is 9.89. The molecule has 0 unspecified atom stereocenters. The first-order valence-electron chi connectivity index (χ1n) is 5.49. The number of methoxy groups -OCH3 is 1. The van der Waals surface area contributed by atoms with Gasteiger partial charge in [-0.2, -0.15) is 5.10 Å². The summed E-state index contributed by atoms with van der Waals surface area (Å²) in [6, 6.07) is 0.511. The molecular formula is C10H15N3OS. The summed E-state index contributed by atoms with van der Waals surface area (Å²) < 4.78 is 8.28. The Hall–Kier alpha value is -0.680. The summed E-state index contributed by atoms with van der Waals surface area (Å²) in [5, 5.41) is 7.25. The van der Waals surface area contributed by atoms with Gasteiger partial charge in [0.15, 0.2) is 4.77 Å². The molecule has 0 aliphatic heterocycles. The first-order chi connectivity index (χ1) is 7.29. The lowest BCUT2D eigenvalue weighted by Crippen LogP contribution is -2.33. The van der Waals surface area contributed by atoms with Gasteiger partial charge in [-0.25, -0.2) is 0 Å². The Balaban J connectivity index is 1.84. The number of nitrogens with one attached hydrogen (secondary N) is 1. The second kappa shape index (κ2) is 3.42. The predicted molar refractivity (Wildman–Crippen MR) is 58.5 cm³/mol. The van der Waals surface area contributed by atoms with Gasteiger partial charge in [0.2, 0.25) is 0 Å². The molecule has 2 aliphatic carbocycles. The van der Waals surface area contributed by atoms with Gasteiger partial charge < -0.3 is 9.30 Å². The fourth-order valence-electron chi connectivity index (χ4n) is 2.24. The molecular weight excluding hydrogens is 210 g/mol. The average Bonchev–Trinajstić information content (AvgIpc) is 2.92. The van der Waals surface area contributed by atoms with E-state index in [1.807, 2.05) is 0 Å². The number of hydrogen-bond donors (Lipinski definition) is 1. The van der Waals surface area contributed by atoms with Crippen LogP contribution in [0.4, 0.5) is 0 Å². The van der Waals surface area contributed by atoms with Crippen molar-refractivity contribution in [1.82, 2.24) is 14.8 Å². The molecule has 1 aromatic heterocycles. The SMILES string of the molecule is COC1CC(n2c(C3CC3)n[nH]c2=S)C1. The largest absolute Gasteiger partial charge is 0.381 e. The topological polar surface area (TPSA) is 42.8 Å². The van der Waals surface area contributed by atoms with Crippen molar-refractivity contribution in [3.8, 4) is 0 Å². The van der Waals surface area contributed by atoms with Crippen molar-refractivity contribution in [1.29, 1.82) is 0 Å². The van der Waals surface area contributed by atoms with Crippen molar-refractivity contribution in [3.05, 3.63) is 10.6 Å². The molecule has 2 aliphatic rings. The summed E-state index contributed by atoms with van der Waals surface area (Å²) in [5.41, 5.74) is 0. The van der Waals surface area contributed by atoms with E-state index in [1.165, 1.54) is 18.7 Å². The van der Waals surface area contributed by atoms with Crippen LogP contribution in [-0.2, 0) is 4.74 Å². The molecule has 1 aromatic rings. The Morgan fingerprint density at radius 3 is 2.80 bits per heavy atom. The van der Waals surface area contributed by atoms with Crippen molar-refractivity contribution >= 4 is 12.2 Å². The van der Waals surface area contributed by atoms with Gasteiger partial charge in [-0.1, -0.05) is 0 Å². The minimum absolute atomic E-state index is 0.416. The van der Waals surface area contributed by atoms with E-state index in [4.69, 9.17) is 17.0 Å². The molecule has 0 bridgehead atoms. The fraction of sp³-hybridized carbons (Fsp3) is 0.800. The van der Waals surface area contributed by atoms with Gasteiger partial charge in [0.25, 0.3) is 0 Å². The maximum atomic E-state index is 5.29. The van der Waals surface area contributed by atoms with Gasteiger partial charge in [0, 0.05) is 19.1 Å². The van der Waals surface area contributed by atoms with Crippen molar-refractivity contribution in [2.45, 2.75) is 43.7 Å². The van der Waals surface area contributed by atoms with Crippen LogP contribution in [0.5, 0.6) is 0 Å². The highest BCUT2D eigenvalue weighted by Gasteiger charge is 2.36. The highest BCUT2D eigenvalue weighted by Crippen LogP contribution is 2.43. The van der Waals surface area contributed by atoms with Crippen molar-refractivity contribution in [2.24, 2.45) is 0 Å². The molecule has 4 nitrogen and oxygen atoms in total. The number of ether oxygens (including phenoxy) is 1. The van der Waals surface area contributed by atoms with E-state index in [9.17, 15) is 0 Å². The molecule has 1 N–H and O–H groups in total. The maximum absolute atomic E-state index is 5.29. The third-order valence-corrected chi connectivity index (χ3v) is 3.73. The summed E-state index contributed by atoms with van der Waals surface area (Å²) in [7, 11) is 1.78. The number of aromatic amines is 1. The van der Waals surface area contributed by atoms with Gasteiger partial charge in [-0.05, 0) is 37.9 Å². The number of aromatic nitrogens is 3. The Morgan fingerprint density at radius 1 is 1.47 bits per heavy atom. The summed E-state index contributed by atoms with van der Waals surface area (Å²) in [4.78, 5) is 0. The van der Waals surface area contributed by atoms with Crippen molar-refractivity contribution in [2.75, 3.05) is 7.11 Å². The molecule has 82 valence electrons. The van der Waals surface area contributed by atoms with Crippen molar-refractivity contribution in [3.63, 3.8) is 0 Å². The quantitative estimate of drug-likeness (QED) is 0.802. The van der Waals surface area contributed by atoms with Crippen LogP contribution < -0.4 is 0 Å². The van der Waals surface area contributed by atoms with Gasteiger partial charge in [-0.15, -0.1) is 0 Å². The lowest BCUT2D eigenvalue weighted by Gasteiger charge is -2.35. The highest BCUT2D eigenvalue weighted by atomic mass is 32.1. The van der Waals surface area contributed by atoms with Crippen LogP contribution in [0.3, 0.4) is 0 Å². The molecule has 2 saturated carbocycles. The van der Waals surface area contributed by atoms with E-state index >= 15 is 0 Å². The Kier molecular flexibility index (Phi) is 2.17. The van der Waals surface area contributed by atoms with Gasteiger partial charge >= 0.3 is 0 Å². The first-order valence-corrected chi connectivity index (χ1v) is 5.90. The molecule has 0 amide bonds. The normalized spacial score (nSPS) is 30.2. The molecule has 0 radical (unpaired) electrons. The number of H-pyrrole nitrogens is 1. The smallest absolute Gasteiger partial charge is 0.195 e. The van der Waals surface area contributed by atoms with Crippen LogP contribution in [0.15, 0.2) is 0 Å². The fourth-order valence-corrected chi connectivity index (χ4v) is 2.53. The molecule has 0 atom stereocenters.